The van der Waals surface area contributed by atoms with E-state index in [1.54, 1.807) is 0 Å². The number of hydrogen-bond donors (Lipinski definition) is 0. The van der Waals surface area contributed by atoms with Gasteiger partial charge in [0.15, 0.2) is 11.5 Å². The third-order valence-electron chi connectivity index (χ3n) is 5.17. The normalized spacial score (nSPS) is 15.6. The van der Waals surface area contributed by atoms with Gasteiger partial charge in [-0.15, -0.1) is 0 Å². The number of ether oxygens (including phenoxy) is 2. The molecule has 5 heteroatoms. The highest BCUT2D eigenvalue weighted by molar-refractivity contribution is 6.30. The van der Waals surface area contributed by atoms with E-state index in [2.05, 4.69) is 0 Å². The molecule has 1 heterocycles. The molecule has 0 N–H and O–H groups in total. The maximum Gasteiger partial charge on any atom is 0.232 e. The summed E-state index contributed by atoms with van der Waals surface area (Å²) in [7, 11) is 0. The summed E-state index contributed by atoms with van der Waals surface area (Å²) in [5, 5.41) is 0.635. The lowest BCUT2D eigenvalue weighted by Gasteiger charge is -2.38. The number of halogens is 1. The second-order valence-corrected chi connectivity index (χ2v) is 7.53. The SMILES string of the molecule is CCOc1cc2c(cc1OCC)C(c1cccc(Cl)c1)N(c1ccccc1)C(=O)C2. The highest BCUT2D eigenvalue weighted by Crippen LogP contribution is 2.43. The maximum absolute atomic E-state index is 13.3. The maximum atomic E-state index is 13.3. The fourth-order valence-electron chi connectivity index (χ4n) is 3.98. The predicted octanol–water partition coefficient (Wildman–Crippen LogP) is 5.82. The average molecular weight is 422 g/mol. The van der Waals surface area contributed by atoms with Gasteiger partial charge in [0.2, 0.25) is 5.91 Å². The number of rotatable bonds is 6. The van der Waals surface area contributed by atoms with Crippen molar-refractivity contribution in [2.75, 3.05) is 18.1 Å². The number of hydrogen-bond acceptors (Lipinski definition) is 3. The number of fused-ring (bicyclic) bond motifs is 1. The van der Waals surface area contributed by atoms with Gasteiger partial charge in [-0.1, -0.05) is 41.9 Å². The minimum atomic E-state index is -0.308. The third kappa shape index (κ3) is 3.88. The minimum absolute atomic E-state index is 0.0327. The Kier molecular flexibility index (Phi) is 5.96. The number of benzene rings is 3. The van der Waals surface area contributed by atoms with E-state index in [0.717, 1.165) is 22.4 Å². The Balaban J connectivity index is 1.93. The van der Waals surface area contributed by atoms with Crippen molar-refractivity contribution in [3.05, 3.63) is 88.4 Å². The van der Waals surface area contributed by atoms with Crippen molar-refractivity contribution in [1.82, 2.24) is 0 Å². The molecule has 1 amide bonds. The third-order valence-corrected chi connectivity index (χ3v) is 5.40. The van der Waals surface area contributed by atoms with Crippen molar-refractivity contribution < 1.29 is 14.3 Å². The summed E-state index contributed by atoms with van der Waals surface area (Å²) in [5.74, 6) is 1.39. The highest BCUT2D eigenvalue weighted by atomic mass is 35.5. The zero-order valence-corrected chi connectivity index (χ0v) is 17.9. The van der Waals surface area contributed by atoms with Crippen LogP contribution in [-0.2, 0) is 11.2 Å². The first-order chi connectivity index (χ1) is 14.6. The van der Waals surface area contributed by atoms with Crippen molar-refractivity contribution in [2.45, 2.75) is 26.3 Å². The number of nitrogens with zero attached hydrogens (tertiary/aromatic N) is 1. The molecule has 3 aromatic rings. The molecule has 0 saturated carbocycles. The van der Waals surface area contributed by atoms with Crippen molar-refractivity contribution in [3.8, 4) is 11.5 Å². The molecule has 4 rings (SSSR count). The molecule has 1 aliphatic heterocycles. The van der Waals surface area contributed by atoms with Gasteiger partial charge in [-0.2, -0.15) is 0 Å². The smallest absolute Gasteiger partial charge is 0.232 e. The summed E-state index contributed by atoms with van der Waals surface area (Å²) >= 11 is 6.32. The molecule has 30 heavy (non-hydrogen) atoms. The number of carbonyl (C=O) groups excluding carboxylic acids is 1. The molecule has 0 radical (unpaired) electrons. The molecule has 0 aromatic heterocycles. The number of anilines is 1. The summed E-state index contributed by atoms with van der Waals surface area (Å²) in [6.45, 7) is 4.94. The van der Waals surface area contributed by atoms with Crippen molar-refractivity contribution in [3.63, 3.8) is 0 Å². The topological polar surface area (TPSA) is 38.8 Å². The van der Waals surface area contributed by atoms with Crippen LogP contribution in [0.25, 0.3) is 0 Å². The van der Waals surface area contributed by atoms with Crippen LogP contribution < -0.4 is 14.4 Å². The van der Waals surface area contributed by atoms with Gasteiger partial charge in [0, 0.05) is 10.7 Å². The standard InChI is InChI=1S/C25H24ClNO3/c1-3-29-22-14-18-15-24(28)27(20-11-6-5-7-12-20)25(17-9-8-10-19(26)13-17)21(18)16-23(22)30-4-2/h5-14,16,25H,3-4,15H2,1-2H3. The average Bonchev–Trinajstić information content (AvgIpc) is 2.74. The number of amides is 1. The first-order valence-corrected chi connectivity index (χ1v) is 10.5. The van der Waals surface area contributed by atoms with Gasteiger partial charge >= 0.3 is 0 Å². The lowest BCUT2D eigenvalue weighted by Crippen LogP contribution is -2.41. The molecule has 0 bridgehead atoms. The molecule has 0 aliphatic carbocycles. The molecular formula is C25H24ClNO3. The van der Waals surface area contributed by atoms with Crippen LogP contribution in [0.1, 0.15) is 36.6 Å². The van der Waals surface area contributed by atoms with Gasteiger partial charge in [0.1, 0.15) is 0 Å². The lowest BCUT2D eigenvalue weighted by atomic mass is 9.87. The Labute approximate surface area is 182 Å². The first kappa shape index (κ1) is 20.3. The van der Waals surface area contributed by atoms with Crippen LogP contribution in [0.4, 0.5) is 5.69 Å². The zero-order chi connectivity index (χ0) is 21.1. The first-order valence-electron chi connectivity index (χ1n) is 10.2. The van der Waals surface area contributed by atoms with Gasteiger partial charge in [-0.25, -0.2) is 0 Å². The molecule has 1 aliphatic rings. The fraction of sp³-hybridized carbons (Fsp3) is 0.240. The Bertz CT molecular complexity index is 1050. The molecule has 4 nitrogen and oxygen atoms in total. The van der Waals surface area contributed by atoms with E-state index >= 15 is 0 Å². The summed E-state index contributed by atoms with van der Waals surface area (Å²) in [6, 6.07) is 21.1. The van der Waals surface area contributed by atoms with E-state index in [1.807, 2.05) is 85.5 Å². The highest BCUT2D eigenvalue weighted by Gasteiger charge is 2.36. The Morgan fingerprint density at radius 1 is 0.933 bits per heavy atom. The van der Waals surface area contributed by atoms with Crippen LogP contribution in [0.2, 0.25) is 5.02 Å². The van der Waals surface area contributed by atoms with E-state index in [1.165, 1.54) is 0 Å². The van der Waals surface area contributed by atoms with Gasteiger partial charge in [-0.05, 0) is 66.9 Å². The number of para-hydroxylation sites is 1. The van der Waals surface area contributed by atoms with E-state index in [9.17, 15) is 4.79 Å². The van der Waals surface area contributed by atoms with Crippen molar-refractivity contribution in [2.24, 2.45) is 0 Å². The van der Waals surface area contributed by atoms with Gasteiger partial charge in [0.05, 0.1) is 25.7 Å². The molecule has 154 valence electrons. The summed E-state index contributed by atoms with van der Waals surface area (Å²) in [5.41, 5.74) is 3.77. The van der Waals surface area contributed by atoms with E-state index < -0.39 is 0 Å². The van der Waals surface area contributed by atoms with Gasteiger partial charge in [0.25, 0.3) is 0 Å². The Hall–Kier alpha value is -2.98. The number of carbonyl (C=O) groups is 1. The van der Waals surface area contributed by atoms with E-state index in [0.29, 0.717) is 36.2 Å². The predicted molar refractivity (Wildman–Crippen MR) is 120 cm³/mol. The fourth-order valence-corrected chi connectivity index (χ4v) is 4.18. The molecule has 1 unspecified atom stereocenters. The van der Waals surface area contributed by atoms with E-state index in [4.69, 9.17) is 21.1 Å². The molecule has 1 atom stereocenters. The minimum Gasteiger partial charge on any atom is -0.490 e. The monoisotopic (exact) mass is 421 g/mol. The second-order valence-electron chi connectivity index (χ2n) is 7.10. The molecule has 0 spiro atoms. The molecular weight excluding hydrogens is 398 g/mol. The van der Waals surface area contributed by atoms with Crippen LogP contribution >= 0.6 is 11.6 Å². The van der Waals surface area contributed by atoms with Gasteiger partial charge < -0.3 is 14.4 Å². The molecule has 0 saturated heterocycles. The summed E-state index contributed by atoms with van der Waals surface area (Å²) in [6.07, 6.45) is 0.299. The Morgan fingerprint density at radius 2 is 1.63 bits per heavy atom. The van der Waals surface area contributed by atoms with Crippen LogP contribution in [-0.4, -0.2) is 19.1 Å². The van der Waals surface area contributed by atoms with Gasteiger partial charge in [-0.3, -0.25) is 4.79 Å². The molecule has 3 aromatic carbocycles. The van der Waals surface area contributed by atoms with Crippen LogP contribution in [0, 0.1) is 0 Å². The van der Waals surface area contributed by atoms with Crippen molar-refractivity contribution in [1.29, 1.82) is 0 Å². The second kappa shape index (κ2) is 8.80. The zero-order valence-electron chi connectivity index (χ0n) is 17.1. The Morgan fingerprint density at radius 3 is 2.30 bits per heavy atom. The quantitative estimate of drug-likeness (QED) is 0.503. The largest absolute Gasteiger partial charge is 0.490 e. The van der Waals surface area contributed by atoms with Crippen LogP contribution in [0.5, 0.6) is 11.5 Å². The summed E-state index contributed by atoms with van der Waals surface area (Å²) in [4.78, 5) is 15.2. The van der Waals surface area contributed by atoms with Crippen LogP contribution in [0.3, 0.4) is 0 Å². The van der Waals surface area contributed by atoms with Crippen LogP contribution in [0.15, 0.2) is 66.7 Å². The lowest BCUT2D eigenvalue weighted by molar-refractivity contribution is -0.118. The van der Waals surface area contributed by atoms with E-state index in [-0.39, 0.29) is 11.9 Å². The van der Waals surface area contributed by atoms with Crippen molar-refractivity contribution >= 4 is 23.2 Å². The molecule has 0 fully saturated rings. The summed E-state index contributed by atoms with van der Waals surface area (Å²) < 4.78 is 11.7.